The van der Waals surface area contributed by atoms with Gasteiger partial charge in [0, 0.05) is 36.4 Å². The Kier molecular flexibility index (Phi) is 5.68. The smallest absolute Gasteiger partial charge is 0.229 e. The van der Waals surface area contributed by atoms with E-state index in [0.29, 0.717) is 12.3 Å². The summed E-state index contributed by atoms with van der Waals surface area (Å²) in [6.45, 7) is 0.582. The summed E-state index contributed by atoms with van der Waals surface area (Å²) < 4.78 is 5.17. The van der Waals surface area contributed by atoms with Crippen molar-refractivity contribution in [3.63, 3.8) is 0 Å². The molecule has 0 unspecified atom stereocenters. The zero-order valence-corrected chi connectivity index (χ0v) is 15.3. The lowest BCUT2D eigenvalue weighted by Gasteiger charge is -2.24. The van der Waals surface area contributed by atoms with Crippen molar-refractivity contribution in [2.75, 3.05) is 18.6 Å². The third-order valence-corrected chi connectivity index (χ3v) is 5.14. The number of carbonyl (C=O) groups excluding carboxylic acids is 3. The molecule has 3 rings (SSSR count). The highest BCUT2D eigenvalue weighted by atomic mass is 32.1. The van der Waals surface area contributed by atoms with Gasteiger partial charge in [-0.05, 0) is 35.7 Å². The van der Waals surface area contributed by atoms with E-state index >= 15 is 0 Å². The molecule has 7 heteroatoms. The third kappa shape index (κ3) is 4.11. The Hall–Kier alpha value is -2.67. The number of likely N-dealkylation sites (tertiary alicyclic amines) is 1. The van der Waals surface area contributed by atoms with E-state index < -0.39 is 0 Å². The summed E-state index contributed by atoms with van der Waals surface area (Å²) in [4.78, 5) is 40.2. The van der Waals surface area contributed by atoms with Crippen LogP contribution in [-0.2, 0) is 20.9 Å². The van der Waals surface area contributed by atoms with Gasteiger partial charge in [-0.2, -0.15) is 0 Å². The molecule has 26 heavy (non-hydrogen) atoms. The van der Waals surface area contributed by atoms with Gasteiger partial charge in [-0.3, -0.25) is 19.3 Å². The van der Waals surface area contributed by atoms with Crippen LogP contribution >= 0.6 is 11.3 Å². The Bertz CT molecular complexity index is 770. The molecule has 2 aromatic rings. The standard InChI is InChI=1S/C19H20N2O4S/c1-25-15-6-4-14(5-7-15)21(13-16-3-2-12-26-16)19(24)10-11-20-17(22)8-9-18(20)23/h2-7,12H,8-11,13H2,1H3. The Morgan fingerprint density at radius 1 is 1.15 bits per heavy atom. The fourth-order valence-electron chi connectivity index (χ4n) is 2.86. The highest BCUT2D eigenvalue weighted by molar-refractivity contribution is 7.09. The van der Waals surface area contributed by atoms with E-state index in [9.17, 15) is 14.4 Å². The van der Waals surface area contributed by atoms with Gasteiger partial charge in [-0.25, -0.2) is 0 Å². The number of benzene rings is 1. The summed E-state index contributed by atoms with van der Waals surface area (Å²) in [6, 6.07) is 11.2. The van der Waals surface area contributed by atoms with Crippen LogP contribution < -0.4 is 9.64 Å². The maximum absolute atomic E-state index is 12.8. The molecule has 1 aromatic heterocycles. The average molecular weight is 372 g/mol. The average Bonchev–Trinajstić information content (AvgIpc) is 3.28. The number of imide groups is 1. The molecule has 6 nitrogen and oxygen atoms in total. The summed E-state index contributed by atoms with van der Waals surface area (Å²) in [6.07, 6.45) is 0.587. The molecule has 1 aliphatic rings. The molecule has 0 N–H and O–H groups in total. The van der Waals surface area contributed by atoms with Crippen LogP contribution in [0.4, 0.5) is 5.69 Å². The SMILES string of the molecule is COc1ccc(N(Cc2cccs2)C(=O)CCN2C(=O)CCC2=O)cc1. The van der Waals surface area contributed by atoms with Gasteiger partial charge in [0.05, 0.1) is 13.7 Å². The monoisotopic (exact) mass is 372 g/mol. The van der Waals surface area contributed by atoms with E-state index in [1.165, 1.54) is 4.90 Å². The number of rotatable bonds is 7. The molecule has 0 bridgehead atoms. The van der Waals surface area contributed by atoms with Crippen molar-refractivity contribution in [3.8, 4) is 5.75 Å². The Morgan fingerprint density at radius 3 is 2.42 bits per heavy atom. The van der Waals surface area contributed by atoms with Crippen LogP contribution in [0.5, 0.6) is 5.75 Å². The zero-order chi connectivity index (χ0) is 18.5. The van der Waals surface area contributed by atoms with Crippen LogP contribution in [0, 0.1) is 0 Å². The first-order valence-corrected chi connectivity index (χ1v) is 9.26. The molecule has 0 radical (unpaired) electrons. The summed E-state index contributed by atoms with van der Waals surface area (Å²) in [7, 11) is 1.59. The Labute approximate surface area is 156 Å². The quantitative estimate of drug-likeness (QED) is 0.701. The van der Waals surface area contributed by atoms with E-state index in [1.807, 2.05) is 29.6 Å². The van der Waals surface area contributed by atoms with Crippen LogP contribution in [0.25, 0.3) is 0 Å². The first-order valence-electron chi connectivity index (χ1n) is 8.38. The van der Waals surface area contributed by atoms with Crippen molar-refractivity contribution in [3.05, 3.63) is 46.7 Å². The second-order valence-electron chi connectivity index (χ2n) is 5.95. The third-order valence-electron chi connectivity index (χ3n) is 4.28. The molecule has 2 heterocycles. The Balaban J connectivity index is 1.74. The maximum Gasteiger partial charge on any atom is 0.229 e. The number of methoxy groups -OCH3 is 1. The number of ether oxygens (including phenoxy) is 1. The van der Waals surface area contributed by atoms with Gasteiger partial charge in [0.1, 0.15) is 5.75 Å². The van der Waals surface area contributed by atoms with Gasteiger partial charge in [0.25, 0.3) is 0 Å². The normalized spacial score (nSPS) is 14.0. The lowest BCUT2D eigenvalue weighted by atomic mass is 10.2. The number of thiophene rings is 1. The van der Waals surface area contributed by atoms with Crippen LogP contribution in [0.15, 0.2) is 41.8 Å². The van der Waals surface area contributed by atoms with Crippen molar-refractivity contribution in [1.82, 2.24) is 4.90 Å². The number of amides is 3. The molecular formula is C19H20N2O4S. The minimum absolute atomic E-state index is 0.106. The number of nitrogens with zero attached hydrogens (tertiary/aromatic N) is 2. The van der Waals surface area contributed by atoms with Crippen LogP contribution in [-0.4, -0.2) is 36.3 Å². The Morgan fingerprint density at radius 2 is 1.85 bits per heavy atom. The van der Waals surface area contributed by atoms with Crippen LogP contribution in [0.3, 0.4) is 0 Å². The topological polar surface area (TPSA) is 66.9 Å². The molecule has 0 atom stereocenters. The minimum Gasteiger partial charge on any atom is -0.497 e. The number of hydrogen-bond acceptors (Lipinski definition) is 5. The molecular weight excluding hydrogens is 352 g/mol. The number of carbonyl (C=O) groups is 3. The van der Waals surface area contributed by atoms with Gasteiger partial charge in [-0.1, -0.05) is 6.07 Å². The minimum atomic E-state index is -0.197. The molecule has 136 valence electrons. The first kappa shape index (κ1) is 18.1. The van der Waals surface area contributed by atoms with E-state index in [2.05, 4.69) is 0 Å². The van der Waals surface area contributed by atoms with Gasteiger partial charge >= 0.3 is 0 Å². The van der Waals surface area contributed by atoms with E-state index in [1.54, 1.807) is 35.5 Å². The van der Waals surface area contributed by atoms with Crippen molar-refractivity contribution in [1.29, 1.82) is 0 Å². The second-order valence-corrected chi connectivity index (χ2v) is 6.98. The highest BCUT2D eigenvalue weighted by Crippen LogP contribution is 2.24. The molecule has 3 amide bonds. The lowest BCUT2D eigenvalue weighted by Crippen LogP contribution is -2.36. The van der Waals surface area contributed by atoms with Crippen LogP contribution in [0.1, 0.15) is 24.1 Å². The maximum atomic E-state index is 12.8. The molecule has 0 aliphatic carbocycles. The number of hydrogen-bond donors (Lipinski definition) is 0. The fraction of sp³-hybridized carbons (Fsp3) is 0.316. The van der Waals surface area contributed by atoms with Gasteiger partial charge in [0.2, 0.25) is 17.7 Å². The van der Waals surface area contributed by atoms with Crippen molar-refractivity contribution in [2.45, 2.75) is 25.8 Å². The van der Waals surface area contributed by atoms with Crippen molar-refractivity contribution < 1.29 is 19.1 Å². The second kappa shape index (κ2) is 8.14. The summed E-state index contributed by atoms with van der Waals surface area (Å²) in [5.41, 5.74) is 0.753. The van der Waals surface area contributed by atoms with Gasteiger partial charge in [-0.15, -0.1) is 11.3 Å². The van der Waals surface area contributed by atoms with Crippen LogP contribution in [0.2, 0.25) is 0 Å². The number of anilines is 1. The van der Waals surface area contributed by atoms with Gasteiger partial charge in [0.15, 0.2) is 0 Å². The summed E-state index contributed by atoms with van der Waals surface area (Å²) >= 11 is 1.58. The molecule has 1 aliphatic heterocycles. The predicted octanol–water partition coefficient (Wildman–Crippen LogP) is 2.83. The van der Waals surface area contributed by atoms with Crippen molar-refractivity contribution >= 4 is 34.7 Å². The summed E-state index contributed by atoms with van der Waals surface area (Å²) in [5, 5.41) is 1.97. The largest absolute Gasteiger partial charge is 0.497 e. The zero-order valence-electron chi connectivity index (χ0n) is 14.5. The fourth-order valence-corrected chi connectivity index (χ4v) is 3.55. The van der Waals surface area contributed by atoms with E-state index in [-0.39, 0.29) is 43.5 Å². The van der Waals surface area contributed by atoms with E-state index in [0.717, 1.165) is 10.6 Å². The first-order chi connectivity index (χ1) is 12.6. The predicted molar refractivity (Wildman–Crippen MR) is 99.1 cm³/mol. The van der Waals surface area contributed by atoms with Gasteiger partial charge < -0.3 is 9.64 Å². The highest BCUT2D eigenvalue weighted by Gasteiger charge is 2.29. The van der Waals surface area contributed by atoms with Crippen molar-refractivity contribution in [2.24, 2.45) is 0 Å². The van der Waals surface area contributed by atoms with E-state index in [4.69, 9.17) is 4.74 Å². The molecule has 1 saturated heterocycles. The molecule has 0 saturated carbocycles. The lowest BCUT2D eigenvalue weighted by molar-refractivity contribution is -0.138. The molecule has 0 spiro atoms. The molecule has 1 aromatic carbocycles. The molecule has 1 fully saturated rings. The summed E-state index contributed by atoms with van der Waals surface area (Å²) in [5.74, 6) is 0.190.